The SMILES string of the molecule is Cc1cccc(C)c1NC(=O)CCNS(=O)(=O)c1ccc(Br)cc1. The molecule has 5 nitrogen and oxygen atoms in total. The van der Waals surface area contributed by atoms with Crippen LogP contribution in [0.5, 0.6) is 0 Å². The van der Waals surface area contributed by atoms with Crippen LogP contribution < -0.4 is 10.0 Å². The molecule has 24 heavy (non-hydrogen) atoms. The van der Waals surface area contributed by atoms with Crippen molar-refractivity contribution in [3.05, 3.63) is 58.1 Å². The Kier molecular flexibility index (Phi) is 6.15. The molecule has 0 saturated carbocycles. The predicted octanol–water partition coefficient (Wildman–Crippen LogP) is 3.37. The van der Waals surface area contributed by atoms with E-state index in [1.165, 1.54) is 12.1 Å². The molecule has 128 valence electrons. The smallest absolute Gasteiger partial charge is 0.240 e. The molecule has 0 spiro atoms. The number of carbonyl (C=O) groups excluding carboxylic acids is 1. The summed E-state index contributed by atoms with van der Waals surface area (Å²) in [7, 11) is -3.61. The Morgan fingerprint density at radius 3 is 2.21 bits per heavy atom. The van der Waals surface area contributed by atoms with Gasteiger partial charge >= 0.3 is 0 Å². The van der Waals surface area contributed by atoms with E-state index in [4.69, 9.17) is 0 Å². The van der Waals surface area contributed by atoms with Crippen LogP contribution in [0.15, 0.2) is 51.8 Å². The summed E-state index contributed by atoms with van der Waals surface area (Å²) in [6.45, 7) is 3.87. The van der Waals surface area contributed by atoms with Crippen molar-refractivity contribution in [3.8, 4) is 0 Å². The first-order chi connectivity index (χ1) is 11.3. The summed E-state index contributed by atoms with van der Waals surface area (Å²) in [6.07, 6.45) is 0.0591. The minimum absolute atomic E-state index is 0.0369. The van der Waals surface area contributed by atoms with Gasteiger partial charge in [-0.15, -0.1) is 0 Å². The van der Waals surface area contributed by atoms with Gasteiger partial charge in [0.25, 0.3) is 0 Å². The van der Waals surface area contributed by atoms with Crippen molar-refractivity contribution in [3.63, 3.8) is 0 Å². The van der Waals surface area contributed by atoms with Gasteiger partial charge in [-0.2, -0.15) is 0 Å². The summed E-state index contributed by atoms with van der Waals surface area (Å²) in [5, 5.41) is 2.83. The molecule has 0 unspecified atom stereocenters. The molecule has 0 bridgehead atoms. The largest absolute Gasteiger partial charge is 0.326 e. The monoisotopic (exact) mass is 410 g/mol. The van der Waals surface area contributed by atoms with E-state index < -0.39 is 10.0 Å². The number of para-hydroxylation sites is 1. The van der Waals surface area contributed by atoms with Gasteiger partial charge in [-0.05, 0) is 49.2 Å². The molecule has 7 heteroatoms. The van der Waals surface area contributed by atoms with Crippen molar-refractivity contribution in [2.24, 2.45) is 0 Å². The molecule has 0 fully saturated rings. The van der Waals surface area contributed by atoms with E-state index in [0.29, 0.717) is 0 Å². The van der Waals surface area contributed by atoms with Crippen molar-refractivity contribution in [2.75, 3.05) is 11.9 Å². The zero-order valence-corrected chi connectivity index (χ0v) is 15.9. The fourth-order valence-electron chi connectivity index (χ4n) is 2.21. The van der Waals surface area contributed by atoms with E-state index in [-0.39, 0.29) is 23.8 Å². The van der Waals surface area contributed by atoms with Gasteiger partial charge < -0.3 is 5.32 Å². The number of sulfonamides is 1. The predicted molar refractivity (Wildman–Crippen MR) is 98.5 cm³/mol. The molecule has 1 amide bonds. The number of benzene rings is 2. The molecule has 2 rings (SSSR count). The quantitative estimate of drug-likeness (QED) is 0.766. The minimum Gasteiger partial charge on any atom is -0.326 e. The van der Waals surface area contributed by atoms with Gasteiger partial charge in [0, 0.05) is 23.1 Å². The van der Waals surface area contributed by atoms with Gasteiger partial charge in [0.1, 0.15) is 0 Å². The molecule has 0 saturated heterocycles. The average Bonchev–Trinajstić information content (AvgIpc) is 2.51. The van der Waals surface area contributed by atoms with Crippen LogP contribution in [0.25, 0.3) is 0 Å². The lowest BCUT2D eigenvalue weighted by atomic mass is 10.1. The molecule has 0 atom stereocenters. The van der Waals surface area contributed by atoms with Gasteiger partial charge in [-0.1, -0.05) is 34.1 Å². The van der Waals surface area contributed by atoms with Gasteiger partial charge in [0.15, 0.2) is 0 Å². The summed E-state index contributed by atoms with van der Waals surface area (Å²) < 4.78 is 27.5. The van der Waals surface area contributed by atoms with Crippen molar-refractivity contribution >= 4 is 37.5 Å². The Hall–Kier alpha value is -1.70. The van der Waals surface area contributed by atoms with Crippen LogP contribution in [0, 0.1) is 13.8 Å². The maximum Gasteiger partial charge on any atom is 0.240 e. The fourth-order valence-corrected chi connectivity index (χ4v) is 3.51. The van der Waals surface area contributed by atoms with Gasteiger partial charge in [-0.25, -0.2) is 13.1 Å². The lowest BCUT2D eigenvalue weighted by Crippen LogP contribution is -2.28. The highest BCUT2D eigenvalue weighted by atomic mass is 79.9. The molecule has 0 aromatic heterocycles. The number of anilines is 1. The maximum absolute atomic E-state index is 12.1. The zero-order valence-electron chi connectivity index (χ0n) is 13.5. The number of halogens is 1. The van der Waals surface area contributed by atoms with Gasteiger partial charge in [-0.3, -0.25) is 4.79 Å². The van der Waals surface area contributed by atoms with E-state index in [1.807, 2.05) is 32.0 Å². The summed E-state index contributed by atoms with van der Waals surface area (Å²) in [5.41, 5.74) is 2.72. The topological polar surface area (TPSA) is 75.3 Å². The number of hydrogen-bond acceptors (Lipinski definition) is 3. The second kappa shape index (κ2) is 7.92. The highest BCUT2D eigenvalue weighted by Crippen LogP contribution is 2.19. The Bertz CT molecular complexity index is 813. The molecule has 0 radical (unpaired) electrons. The molecule has 2 aromatic carbocycles. The average molecular weight is 411 g/mol. The molecular formula is C17H19BrN2O3S. The summed E-state index contributed by atoms with van der Waals surface area (Å²) in [5.74, 6) is -0.231. The van der Waals surface area contributed by atoms with E-state index in [1.54, 1.807) is 12.1 Å². The van der Waals surface area contributed by atoms with Crippen LogP contribution in [-0.4, -0.2) is 20.9 Å². The highest BCUT2D eigenvalue weighted by molar-refractivity contribution is 9.10. The number of hydrogen-bond donors (Lipinski definition) is 2. The van der Waals surface area contributed by atoms with Crippen LogP contribution in [0.1, 0.15) is 17.5 Å². The van der Waals surface area contributed by atoms with Crippen molar-refractivity contribution in [1.82, 2.24) is 4.72 Å². The summed E-state index contributed by atoms with van der Waals surface area (Å²) >= 11 is 3.26. The number of rotatable bonds is 6. The summed E-state index contributed by atoms with van der Waals surface area (Å²) in [6, 6.07) is 12.1. The number of carbonyl (C=O) groups is 1. The third-order valence-corrected chi connectivity index (χ3v) is 5.52. The van der Waals surface area contributed by atoms with Crippen molar-refractivity contribution < 1.29 is 13.2 Å². The summed E-state index contributed by atoms with van der Waals surface area (Å²) in [4.78, 5) is 12.2. The third-order valence-electron chi connectivity index (χ3n) is 3.51. The molecular weight excluding hydrogens is 392 g/mol. The first-order valence-electron chi connectivity index (χ1n) is 7.41. The standard InChI is InChI=1S/C17H19BrN2O3S/c1-12-4-3-5-13(2)17(12)20-16(21)10-11-19-24(22,23)15-8-6-14(18)7-9-15/h3-9,19H,10-11H2,1-2H3,(H,20,21). The fraction of sp³-hybridized carbons (Fsp3) is 0.235. The first kappa shape index (κ1) is 18.6. The van der Waals surface area contributed by atoms with Crippen LogP contribution in [-0.2, 0) is 14.8 Å². The Morgan fingerprint density at radius 1 is 1.04 bits per heavy atom. The Morgan fingerprint density at radius 2 is 1.62 bits per heavy atom. The maximum atomic E-state index is 12.1. The van der Waals surface area contributed by atoms with Gasteiger partial charge in [0.2, 0.25) is 15.9 Å². The molecule has 0 aliphatic carbocycles. The van der Waals surface area contributed by atoms with E-state index in [2.05, 4.69) is 26.0 Å². The molecule has 2 aromatic rings. The lowest BCUT2D eigenvalue weighted by molar-refractivity contribution is -0.116. The normalized spacial score (nSPS) is 11.3. The van der Waals surface area contributed by atoms with E-state index in [9.17, 15) is 13.2 Å². The second-order valence-corrected chi connectivity index (χ2v) is 8.10. The van der Waals surface area contributed by atoms with Crippen LogP contribution in [0.3, 0.4) is 0 Å². The second-order valence-electron chi connectivity index (χ2n) is 5.42. The molecule has 0 aliphatic rings. The van der Waals surface area contributed by atoms with Crippen molar-refractivity contribution in [1.29, 1.82) is 0 Å². The van der Waals surface area contributed by atoms with E-state index in [0.717, 1.165) is 21.3 Å². The van der Waals surface area contributed by atoms with Crippen LogP contribution in [0.4, 0.5) is 5.69 Å². The van der Waals surface area contributed by atoms with E-state index >= 15 is 0 Å². The van der Waals surface area contributed by atoms with Crippen LogP contribution >= 0.6 is 15.9 Å². The first-order valence-corrected chi connectivity index (χ1v) is 9.68. The number of nitrogens with one attached hydrogen (secondary N) is 2. The van der Waals surface area contributed by atoms with Gasteiger partial charge in [0.05, 0.1) is 4.90 Å². The van der Waals surface area contributed by atoms with Crippen molar-refractivity contribution in [2.45, 2.75) is 25.2 Å². The number of amides is 1. The lowest BCUT2D eigenvalue weighted by Gasteiger charge is -2.12. The third kappa shape index (κ3) is 4.90. The Labute approximate surface area is 150 Å². The molecule has 0 aliphatic heterocycles. The minimum atomic E-state index is -3.61. The van der Waals surface area contributed by atoms with Crippen LogP contribution in [0.2, 0.25) is 0 Å². The zero-order chi connectivity index (χ0) is 17.7. The Balaban J connectivity index is 1.91. The molecule has 0 heterocycles. The molecule has 2 N–H and O–H groups in total. The highest BCUT2D eigenvalue weighted by Gasteiger charge is 2.14. The number of aryl methyl sites for hydroxylation is 2.